The molecule has 21 heavy (non-hydrogen) atoms. The smallest absolute Gasteiger partial charge is 0.321 e. The molecule has 1 aromatic heterocycles. The number of urea groups is 1. The second kappa shape index (κ2) is 6.51. The average molecular weight is 290 g/mol. The topological polar surface area (TPSA) is 106 Å². The van der Waals surface area contributed by atoms with Gasteiger partial charge in [0, 0.05) is 12.6 Å². The van der Waals surface area contributed by atoms with E-state index in [0.29, 0.717) is 11.6 Å². The first-order chi connectivity index (χ1) is 10.1. The molecule has 0 aliphatic rings. The molecule has 2 rings (SSSR count). The molecule has 1 heterocycles. The van der Waals surface area contributed by atoms with Crippen molar-refractivity contribution in [3.63, 3.8) is 0 Å². The number of carbonyl (C=O) groups excluding carboxylic acids is 2. The van der Waals surface area contributed by atoms with E-state index in [2.05, 4.69) is 20.8 Å². The number of aromatic nitrogens is 2. The first-order valence-electron chi connectivity index (χ1n) is 6.16. The highest BCUT2D eigenvalue weighted by Gasteiger charge is 2.16. The van der Waals surface area contributed by atoms with Crippen molar-refractivity contribution in [3.05, 3.63) is 30.7 Å². The van der Waals surface area contributed by atoms with Crippen LogP contribution in [0.1, 0.15) is 6.92 Å². The highest BCUT2D eigenvalue weighted by Crippen LogP contribution is 2.20. The standard InChI is InChI=1S/C13H14N4O4/c1-8(11(18)16-13(19)14-2)21-10-5-3-9(4-6-10)12-17-15-7-20-12/h3-8H,1-2H3,(H2,14,16,18,19)/t8-/m0/s1. The van der Waals surface area contributed by atoms with Crippen LogP contribution in [0.3, 0.4) is 0 Å². The van der Waals surface area contributed by atoms with Gasteiger partial charge < -0.3 is 14.5 Å². The van der Waals surface area contributed by atoms with Crippen molar-refractivity contribution in [3.8, 4) is 17.2 Å². The number of ether oxygens (including phenoxy) is 1. The van der Waals surface area contributed by atoms with E-state index in [9.17, 15) is 9.59 Å². The Hall–Kier alpha value is -2.90. The minimum absolute atomic E-state index is 0.395. The zero-order valence-corrected chi connectivity index (χ0v) is 11.5. The van der Waals surface area contributed by atoms with Crippen LogP contribution in [-0.4, -0.2) is 35.3 Å². The van der Waals surface area contributed by atoms with Crippen LogP contribution in [-0.2, 0) is 4.79 Å². The fourth-order valence-electron chi connectivity index (χ4n) is 1.51. The molecule has 0 saturated carbocycles. The van der Waals surface area contributed by atoms with Crippen molar-refractivity contribution < 1.29 is 18.7 Å². The van der Waals surface area contributed by atoms with Crippen LogP contribution in [0.5, 0.6) is 5.75 Å². The molecule has 2 aromatic rings. The van der Waals surface area contributed by atoms with Gasteiger partial charge in [0.2, 0.25) is 12.3 Å². The third kappa shape index (κ3) is 3.78. The summed E-state index contributed by atoms with van der Waals surface area (Å²) >= 11 is 0. The van der Waals surface area contributed by atoms with Crippen LogP contribution in [0.15, 0.2) is 35.1 Å². The Morgan fingerprint density at radius 1 is 1.29 bits per heavy atom. The van der Waals surface area contributed by atoms with Gasteiger partial charge in [-0.05, 0) is 31.2 Å². The number of nitrogens with zero attached hydrogens (tertiary/aromatic N) is 2. The summed E-state index contributed by atoms with van der Waals surface area (Å²) in [5.74, 6) is 0.347. The number of carbonyl (C=O) groups is 2. The van der Waals surface area contributed by atoms with E-state index in [1.54, 1.807) is 31.2 Å². The molecular formula is C13H14N4O4. The quantitative estimate of drug-likeness (QED) is 0.868. The highest BCUT2D eigenvalue weighted by molar-refractivity contribution is 5.96. The summed E-state index contributed by atoms with van der Waals surface area (Å²) in [5, 5.41) is 11.8. The molecule has 0 bridgehead atoms. The number of hydrogen-bond donors (Lipinski definition) is 2. The second-order valence-electron chi connectivity index (χ2n) is 4.10. The molecule has 2 N–H and O–H groups in total. The number of imide groups is 1. The molecule has 110 valence electrons. The van der Waals surface area contributed by atoms with Crippen LogP contribution in [0, 0.1) is 0 Å². The van der Waals surface area contributed by atoms with E-state index in [1.165, 1.54) is 13.4 Å². The zero-order chi connectivity index (χ0) is 15.2. The summed E-state index contributed by atoms with van der Waals surface area (Å²) in [6.45, 7) is 1.55. The Kier molecular flexibility index (Phi) is 4.50. The molecule has 0 aliphatic carbocycles. The van der Waals surface area contributed by atoms with Gasteiger partial charge in [0.25, 0.3) is 5.91 Å². The number of benzene rings is 1. The SMILES string of the molecule is CNC(=O)NC(=O)[C@H](C)Oc1ccc(-c2nnco2)cc1. The molecule has 0 spiro atoms. The van der Waals surface area contributed by atoms with Gasteiger partial charge in [-0.1, -0.05) is 0 Å². The summed E-state index contributed by atoms with van der Waals surface area (Å²) in [6, 6.07) is 6.22. The number of amides is 3. The Morgan fingerprint density at radius 2 is 2.00 bits per heavy atom. The first-order valence-corrected chi connectivity index (χ1v) is 6.16. The van der Waals surface area contributed by atoms with E-state index < -0.39 is 18.0 Å². The van der Waals surface area contributed by atoms with Crippen LogP contribution in [0.25, 0.3) is 11.5 Å². The molecule has 3 amide bonds. The lowest BCUT2D eigenvalue weighted by Crippen LogP contribution is -2.43. The summed E-state index contributed by atoms with van der Waals surface area (Å²) in [5.41, 5.74) is 0.738. The van der Waals surface area contributed by atoms with Crippen molar-refractivity contribution in [1.29, 1.82) is 0 Å². The van der Waals surface area contributed by atoms with E-state index >= 15 is 0 Å². The first kappa shape index (κ1) is 14.5. The van der Waals surface area contributed by atoms with Crippen LogP contribution >= 0.6 is 0 Å². The zero-order valence-electron chi connectivity index (χ0n) is 11.5. The molecule has 0 radical (unpaired) electrons. The number of nitrogens with one attached hydrogen (secondary N) is 2. The minimum Gasteiger partial charge on any atom is -0.481 e. The average Bonchev–Trinajstić information content (AvgIpc) is 3.02. The maximum atomic E-state index is 11.6. The molecule has 0 aliphatic heterocycles. The normalized spacial score (nSPS) is 11.5. The van der Waals surface area contributed by atoms with Gasteiger partial charge in [-0.3, -0.25) is 10.1 Å². The monoisotopic (exact) mass is 290 g/mol. The lowest BCUT2D eigenvalue weighted by atomic mass is 10.2. The van der Waals surface area contributed by atoms with Gasteiger partial charge in [-0.2, -0.15) is 0 Å². The van der Waals surface area contributed by atoms with Gasteiger partial charge in [0.15, 0.2) is 6.10 Å². The molecule has 0 saturated heterocycles. The van der Waals surface area contributed by atoms with E-state index in [0.717, 1.165) is 5.56 Å². The molecule has 1 atom stereocenters. The molecule has 8 nitrogen and oxygen atoms in total. The molecule has 0 unspecified atom stereocenters. The van der Waals surface area contributed by atoms with Crippen LogP contribution in [0.2, 0.25) is 0 Å². The van der Waals surface area contributed by atoms with E-state index in [-0.39, 0.29) is 0 Å². The van der Waals surface area contributed by atoms with Gasteiger partial charge in [-0.25, -0.2) is 4.79 Å². The highest BCUT2D eigenvalue weighted by atomic mass is 16.5. The number of hydrogen-bond acceptors (Lipinski definition) is 6. The summed E-state index contributed by atoms with van der Waals surface area (Å²) < 4.78 is 10.5. The van der Waals surface area contributed by atoms with Crippen molar-refractivity contribution in [2.75, 3.05) is 7.05 Å². The lowest BCUT2D eigenvalue weighted by molar-refractivity contribution is -0.126. The van der Waals surface area contributed by atoms with Crippen molar-refractivity contribution in [1.82, 2.24) is 20.8 Å². The summed E-state index contributed by atoms with van der Waals surface area (Å²) in [6.07, 6.45) is 0.432. The number of rotatable bonds is 4. The van der Waals surface area contributed by atoms with Gasteiger partial charge >= 0.3 is 6.03 Å². The minimum atomic E-state index is -0.809. The Bertz CT molecular complexity index is 610. The van der Waals surface area contributed by atoms with Crippen LogP contribution in [0.4, 0.5) is 4.79 Å². The van der Waals surface area contributed by atoms with Gasteiger partial charge in [-0.15, -0.1) is 10.2 Å². The lowest BCUT2D eigenvalue weighted by Gasteiger charge is -2.14. The van der Waals surface area contributed by atoms with E-state index in [4.69, 9.17) is 9.15 Å². The van der Waals surface area contributed by atoms with Crippen molar-refractivity contribution >= 4 is 11.9 Å². The Labute approximate surface area is 120 Å². The van der Waals surface area contributed by atoms with Crippen LogP contribution < -0.4 is 15.4 Å². The van der Waals surface area contributed by atoms with Crippen molar-refractivity contribution in [2.45, 2.75) is 13.0 Å². The predicted molar refractivity (Wildman–Crippen MR) is 72.4 cm³/mol. The molecule has 0 fully saturated rings. The second-order valence-corrected chi connectivity index (χ2v) is 4.10. The largest absolute Gasteiger partial charge is 0.481 e. The van der Waals surface area contributed by atoms with Gasteiger partial charge in [0.1, 0.15) is 5.75 Å². The maximum absolute atomic E-state index is 11.6. The summed E-state index contributed by atoms with van der Waals surface area (Å²) in [4.78, 5) is 22.7. The Balaban J connectivity index is 1.97. The fraction of sp³-hybridized carbons (Fsp3) is 0.231. The fourth-order valence-corrected chi connectivity index (χ4v) is 1.51. The molecular weight excluding hydrogens is 276 g/mol. The van der Waals surface area contributed by atoms with E-state index in [1.807, 2.05) is 0 Å². The summed E-state index contributed by atoms with van der Waals surface area (Å²) in [7, 11) is 1.42. The molecule has 1 aromatic carbocycles. The predicted octanol–water partition coefficient (Wildman–Crippen LogP) is 0.959. The molecule has 8 heteroatoms. The Morgan fingerprint density at radius 3 is 2.57 bits per heavy atom. The third-order valence-electron chi connectivity index (χ3n) is 2.61. The third-order valence-corrected chi connectivity index (χ3v) is 2.61. The van der Waals surface area contributed by atoms with Gasteiger partial charge in [0.05, 0.1) is 0 Å². The maximum Gasteiger partial charge on any atom is 0.321 e. The van der Waals surface area contributed by atoms with Crippen molar-refractivity contribution in [2.24, 2.45) is 0 Å².